The van der Waals surface area contributed by atoms with E-state index in [0.717, 1.165) is 18.9 Å². The molecule has 4 atom stereocenters. The van der Waals surface area contributed by atoms with E-state index in [0.29, 0.717) is 18.4 Å². The largest absolute Gasteiger partial charge is 0.396 e. The SMILES string of the molecule is C[C@@H](CCO)[C@H]1C[C@H]1[C@H]1COC(C)(C)O1. The van der Waals surface area contributed by atoms with Crippen LogP contribution in [-0.2, 0) is 9.47 Å². The summed E-state index contributed by atoms with van der Waals surface area (Å²) in [5.74, 6) is 1.62. The van der Waals surface area contributed by atoms with Gasteiger partial charge in [-0.2, -0.15) is 0 Å². The van der Waals surface area contributed by atoms with Gasteiger partial charge < -0.3 is 14.6 Å². The van der Waals surface area contributed by atoms with Crippen molar-refractivity contribution in [2.45, 2.75) is 45.5 Å². The molecular formula is C12H22O3. The third kappa shape index (κ3) is 2.52. The molecular weight excluding hydrogens is 192 g/mol. The molecule has 0 aromatic heterocycles. The van der Waals surface area contributed by atoms with Gasteiger partial charge in [0.05, 0.1) is 12.7 Å². The van der Waals surface area contributed by atoms with Gasteiger partial charge in [-0.25, -0.2) is 0 Å². The van der Waals surface area contributed by atoms with Crippen molar-refractivity contribution in [3.8, 4) is 0 Å². The third-order valence-electron chi connectivity index (χ3n) is 3.71. The average Bonchev–Trinajstić information content (AvgIpc) is 2.86. The molecule has 0 spiro atoms. The first kappa shape index (κ1) is 11.4. The molecule has 0 radical (unpaired) electrons. The summed E-state index contributed by atoms with van der Waals surface area (Å²) < 4.78 is 11.4. The van der Waals surface area contributed by atoms with Gasteiger partial charge in [-0.05, 0) is 44.4 Å². The van der Waals surface area contributed by atoms with Crippen LogP contribution in [0.5, 0.6) is 0 Å². The monoisotopic (exact) mass is 214 g/mol. The second-order valence-corrected chi connectivity index (χ2v) is 5.42. The maximum absolute atomic E-state index is 8.89. The van der Waals surface area contributed by atoms with Crippen LogP contribution in [0.25, 0.3) is 0 Å². The lowest BCUT2D eigenvalue weighted by molar-refractivity contribution is -0.141. The van der Waals surface area contributed by atoms with Crippen molar-refractivity contribution in [3.63, 3.8) is 0 Å². The van der Waals surface area contributed by atoms with E-state index in [1.165, 1.54) is 6.42 Å². The Hall–Kier alpha value is -0.120. The molecule has 1 saturated carbocycles. The molecule has 3 nitrogen and oxygen atoms in total. The Morgan fingerprint density at radius 2 is 2.20 bits per heavy atom. The second-order valence-electron chi connectivity index (χ2n) is 5.42. The van der Waals surface area contributed by atoms with Crippen molar-refractivity contribution in [2.24, 2.45) is 17.8 Å². The lowest BCUT2D eigenvalue weighted by atomic mass is 9.99. The van der Waals surface area contributed by atoms with Crippen LogP contribution in [0.3, 0.4) is 0 Å². The lowest BCUT2D eigenvalue weighted by Gasteiger charge is -2.17. The van der Waals surface area contributed by atoms with Crippen LogP contribution in [-0.4, -0.2) is 30.2 Å². The van der Waals surface area contributed by atoms with Gasteiger partial charge in [0.15, 0.2) is 5.79 Å². The van der Waals surface area contributed by atoms with Crippen molar-refractivity contribution in [2.75, 3.05) is 13.2 Å². The Labute approximate surface area is 91.8 Å². The zero-order valence-electron chi connectivity index (χ0n) is 9.90. The van der Waals surface area contributed by atoms with E-state index in [9.17, 15) is 0 Å². The summed E-state index contributed by atoms with van der Waals surface area (Å²) in [6, 6.07) is 0. The predicted molar refractivity (Wildman–Crippen MR) is 57.4 cm³/mol. The van der Waals surface area contributed by atoms with Gasteiger partial charge in [0, 0.05) is 6.61 Å². The highest BCUT2D eigenvalue weighted by molar-refractivity contribution is 4.96. The van der Waals surface area contributed by atoms with Gasteiger partial charge in [-0.1, -0.05) is 6.92 Å². The van der Waals surface area contributed by atoms with Crippen molar-refractivity contribution in [1.82, 2.24) is 0 Å². The molecule has 1 aliphatic carbocycles. The molecule has 2 rings (SSSR count). The molecule has 0 amide bonds. The summed E-state index contributed by atoms with van der Waals surface area (Å²) in [4.78, 5) is 0. The van der Waals surface area contributed by atoms with Crippen LogP contribution >= 0.6 is 0 Å². The molecule has 0 aromatic rings. The highest BCUT2D eigenvalue weighted by atomic mass is 16.7. The van der Waals surface area contributed by atoms with Gasteiger partial charge in [0.25, 0.3) is 0 Å². The number of aliphatic hydroxyl groups is 1. The topological polar surface area (TPSA) is 38.7 Å². The summed E-state index contributed by atoms with van der Waals surface area (Å²) in [6.45, 7) is 7.21. The summed E-state index contributed by atoms with van der Waals surface area (Å²) in [6.07, 6.45) is 2.44. The van der Waals surface area contributed by atoms with E-state index in [1.54, 1.807) is 0 Å². The smallest absolute Gasteiger partial charge is 0.163 e. The highest BCUT2D eigenvalue weighted by Crippen LogP contribution is 2.50. The first-order chi connectivity index (χ1) is 7.03. The van der Waals surface area contributed by atoms with Crippen LogP contribution in [0.4, 0.5) is 0 Å². The number of rotatable bonds is 4. The Morgan fingerprint density at radius 3 is 2.73 bits per heavy atom. The van der Waals surface area contributed by atoms with Crippen molar-refractivity contribution in [3.05, 3.63) is 0 Å². The maximum Gasteiger partial charge on any atom is 0.163 e. The molecule has 1 saturated heterocycles. The molecule has 2 fully saturated rings. The van der Waals surface area contributed by atoms with E-state index in [4.69, 9.17) is 14.6 Å². The molecule has 15 heavy (non-hydrogen) atoms. The zero-order chi connectivity index (χ0) is 11.1. The molecule has 88 valence electrons. The molecule has 0 unspecified atom stereocenters. The second kappa shape index (κ2) is 4.04. The molecule has 3 heteroatoms. The minimum absolute atomic E-state index is 0.283. The van der Waals surface area contributed by atoms with Crippen LogP contribution < -0.4 is 0 Å². The summed E-state index contributed by atoms with van der Waals surface area (Å²) in [5, 5.41) is 8.89. The molecule has 2 aliphatic rings. The zero-order valence-corrected chi connectivity index (χ0v) is 9.90. The average molecular weight is 214 g/mol. The van der Waals surface area contributed by atoms with E-state index in [2.05, 4.69) is 6.92 Å². The van der Waals surface area contributed by atoms with Crippen molar-refractivity contribution < 1.29 is 14.6 Å². The van der Waals surface area contributed by atoms with Gasteiger partial charge >= 0.3 is 0 Å². The Bertz CT molecular complexity index is 227. The molecule has 1 heterocycles. The quantitative estimate of drug-likeness (QED) is 0.775. The third-order valence-corrected chi connectivity index (χ3v) is 3.71. The Morgan fingerprint density at radius 1 is 1.47 bits per heavy atom. The number of hydrogen-bond acceptors (Lipinski definition) is 3. The number of hydrogen-bond donors (Lipinski definition) is 1. The normalized spacial score (nSPS) is 40.4. The van der Waals surface area contributed by atoms with Gasteiger partial charge in [-0.15, -0.1) is 0 Å². The fourth-order valence-corrected chi connectivity index (χ4v) is 2.66. The number of ether oxygens (including phenoxy) is 2. The van der Waals surface area contributed by atoms with Gasteiger partial charge in [0.2, 0.25) is 0 Å². The van der Waals surface area contributed by atoms with E-state index >= 15 is 0 Å². The van der Waals surface area contributed by atoms with Crippen molar-refractivity contribution >= 4 is 0 Å². The van der Waals surface area contributed by atoms with Crippen LogP contribution in [0, 0.1) is 17.8 Å². The van der Waals surface area contributed by atoms with Crippen LogP contribution in [0.1, 0.15) is 33.6 Å². The lowest BCUT2D eigenvalue weighted by Crippen LogP contribution is -2.23. The van der Waals surface area contributed by atoms with E-state index in [1.807, 2.05) is 13.8 Å². The molecule has 1 N–H and O–H groups in total. The first-order valence-electron chi connectivity index (χ1n) is 5.96. The number of aliphatic hydroxyl groups excluding tert-OH is 1. The van der Waals surface area contributed by atoms with Gasteiger partial charge in [-0.3, -0.25) is 0 Å². The maximum atomic E-state index is 8.89. The molecule has 1 aliphatic heterocycles. The van der Waals surface area contributed by atoms with Crippen LogP contribution in [0.15, 0.2) is 0 Å². The molecule has 0 bridgehead atoms. The summed E-state index contributed by atoms with van der Waals surface area (Å²) >= 11 is 0. The predicted octanol–water partition coefficient (Wildman–Crippen LogP) is 1.79. The minimum Gasteiger partial charge on any atom is -0.396 e. The fourth-order valence-electron chi connectivity index (χ4n) is 2.66. The Kier molecular flexibility index (Phi) is 3.06. The fraction of sp³-hybridized carbons (Fsp3) is 1.00. The first-order valence-corrected chi connectivity index (χ1v) is 5.96. The van der Waals surface area contributed by atoms with Crippen LogP contribution in [0.2, 0.25) is 0 Å². The van der Waals surface area contributed by atoms with Crippen molar-refractivity contribution in [1.29, 1.82) is 0 Å². The van der Waals surface area contributed by atoms with Gasteiger partial charge in [0.1, 0.15) is 0 Å². The Balaban J connectivity index is 1.79. The van der Waals surface area contributed by atoms with E-state index < -0.39 is 5.79 Å². The standard InChI is InChI=1S/C12H22O3/c1-8(4-5-13)9-6-10(9)11-7-14-12(2,3)15-11/h8-11,13H,4-7H2,1-3H3/t8-,9+,10+,11+/m0/s1. The van der Waals surface area contributed by atoms with E-state index in [-0.39, 0.29) is 6.10 Å². The summed E-state index contributed by atoms with van der Waals surface area (Å²) in [7, 11) is 0. The highest BCUT2D eigenvalue weighted by Gasteiger charge is 2.50. The summed E-state index contributed by atoms with van der Waals surface area (Å²) in [5.41, 5.74) is 0. The minimum atomic E-state index is -0.391. The molecule has 0 aromatic carbocycles.